The Kier molecular flexibility index (Phi) is 3.98. The lowest BCUT2D eigenvalue weighted by molar-refractivity contribution is 0.252. The molecular formula is C13H18BrNS. The van der Waals surface area contributed by atoms with Gasteiger partial charge in [-0.2, -0.15) is 11.8 Å². The molecule has 1 aliphatic heterocycles. The predicted octanol–water partition coefficient (Wildman–Crippen LogP) is 3.78. The van der Waals surface area contributed by atoms with Crippen LogP contribution in [0.5, 0.6) is 0 Å². The molecule has 0 bridgehead atoms. The normalized spacial score (nSPS) is 20.9. The molecular weight excluding hydrogens is 282 g/mol. The van der Waals surface area contributed by atoms with Crippen molar-refractivity contribution in [3.05, 3.63) is 34.3 Å². The molecule has 2 rings (SSSR count). The highest BCUT2D eigenvalue weighted by Crippen LogP contribution is 2.30. The molecule has 16 heavy (non-hydrogen) atoms. The van der Waals surface area contributed by atoms with E-state index in [0.717, 1.165) is 6.54 Å². The van der Waals surface area contributed by atoms with Crippen LogP contribution in [0.3, 0.4) is 0 Å². The van der Waals surface area contributed by atoms with Crippen LogP contribution in [0.1, 0.15) is 19.4 Å². The van der Waals surface area contributed by atoms with Crippen LogP contribution in [0.2, 0.25) is 0 Å². The van der Waals surface area contributed by atoms with Crippen molar-refractivity contribution in [3.63, 3.8) is 0 Å². The fraction of sp³-hybridized carbons (Fsp3) is 0.538. The van der Waals surface area contributed by atoms with Gasteiger partial charge < -0.3 is 0 Å². The van der Waals surface area contributed by atoms with E-state index in [1.54, 1.807) is 0 Å². The highest BCUT2D eigenvalue weighted by atomic mass is 79.9. The number of halogens is 1. The molecule has 0 unspecified atom stereocenters. The smallest absolute Gasteiger partial charge is 0.0235 e. The monoisotopic (exact) mass is 299 g/mol. The van der Waals surface area contributed by atoms with Crippen LogP contribution < -0.4 is 0 Å². The minimum atomic E-state index is 0.407. The minimum Gasteiger partial charge on any atom is -0.297 e. The fourth-order valence-corrected chi connectivity index (χ4v) is 3.77. The van der Waals surface area contributed by atoms with Gasteiger partial charge in [0.2, 0.25) is 0 Å². The molecule has 0 radical (unpaired) electrons. The third-order valence-electron chi connectivity index (χ3n) is 2.80. The Morgan fingerprint density at radius 3 is 2.94 bits per heavy atom. The number of thioether (sulfide) groups is 1. The fourth-order valence-electron chi connectivity index (χ4n) is 2.14. The quantitative estimate of drug-likeness (QED) is 0.818. The number of rotatable bonds is 2. The lowest BCUT2D eigenvalue weighted by Crippen LogP contribution is -2.42. The van der Waals surface area contributed by atoms with Crippen molar-refractivity contribution in [1.29, 1.82) is 0 Å². The third kappa shape index (κ3) is 3.51. The van der Waals surface area contributed by atoms with E-state index in [-0.39, 0.29) is 0 Å². The van der Waals surface area contributed by atoms with Gasteiger partial charge in [-0.25, -0.2) is 0 Å². The average molecular weight is 300 g/mol. The molecule has 0 atom stereocenters. The van der Waals surface area contributed by atoms with Gasteiger partial charge in [-0.3, -0.25) is 4.90 Å². The molecule has 0 saturated carbocycles. The zero-order valence-corrected chi connectivity index (χ0v) is 12.3. The second kappa shape index (κ2) is 5.11. The SMILES string of the molecule is CC1(C)CN(Cc2cccc(Br)c2)CCS1. The van der Waals surface area contributed by atoms with Crippen LogP contribution in [0.25, 0.3) is 0 Å². The summed E-state index contributed by atoms with van der Waals surface area (Å²) in [5, 5.41) is 0. The van der Waals surface area contributed by atoms with Gasteiger partial charge in [0.25, 0.3) is 0 Å². The molecule has 88 valence electrons. The Morgan fingerprint density at radius 2 is 2.25 bits per heavy atom. The van der Waals surface area contributed by atoms with Crippen molar-refractivity contribution < 1.29 is 0 Å². The molecule has 3 heteroatoms. The molecule has 0 spiro atoms. The Morgan fingerprint density at radius 1 is 1.44 bits per heavy atom. The number of hydrogen-bond donors (Lipinski definition) is 0. The van der Waals surface area contributed by atoms with Gasteiger partial charge in [0.05, 0.1) is 0 Å². The molecule has 0 N–H and O–H groups in total. The van der Waals surface area contributed by atoms with Crippen molar-refractivity contribution in [2.75, 3.05) is 18.8 Å². The first-order chi connectivity index (χ1) is 7.55. The second-order valence-electron chi connectivity index (χ2n) is 4.95. The molecule has 0 aromatic heterocycles. The van der Waals surface area contributed by atoms with Crippen LogP contribution >= 0.6 is 27.7 Å². The van der Waals surface area contributed by atoms with Gasteiger partial charge in [-0.05, 0) is 31.5 Å². The van der Waals surface area contributed by atoms with Crippen LogP contribution in [-0.2, 0) is 6.54 Å². The highest BCUT2D eigenvalue weighted by molar-refractivity contribution is 9.10. The zero-order chi connectivity index (χ0) is 11.6. The van der Waals surface area contributed by atoms with E-state index in [1.807, 2.05) is 0 Å². The summed E-state index contributed by atoms with van der Waals surface area (Å²) in [5.74, 6) is 1.25. The van der Waals surface area contributed by atoms with Gasteiger partial charge in [-0.1, -0.05) is 28.1 Å². The van der Waals surface area contributed by atoms with E-state index in [0.29, 0.717) is 4.75 Å². The van der Waals surface area contributed by atoms with Crippen molar-refractivity contribution >= 4 is 27.7 Å². The number of hydrogen-bond acceptors (Lipinski definition) is 2. The Hall–Kier alpha value is 0.01000. The molecule has 0 amide bonds. The van der Waals surface area contributed by atoms with Crippen LogP contribution in [0, 0.1) is 0 Å². The van der Waals surface area contributed by atoms with Gasteiger partial charge in [0.1, 0.15) is 0 Å². The first kappa shape index (κ1) is 12.5. The molecule has 1 nitrogen and oxygen atoms in total. The molecule has 0 aliphatic carbocycles. The summed E-state index contributed by atoms with van der Waals surface area (Å²) in [6, 6.07) is 8.62. The summed E-state index contributed by atoms with van der Waals surface area (Å²) in [6.07, 6.45) is 0. The molecule has 1 fully saturated rings. The summed E-state index contributed by atoms with van der Waals surface area (Å²) in [7, 11) is 0. The van der Waals surface area contributed by atoms with Gasteiger partial charge >= 0.3 is 0 Å². The molecule has 1 aliphatic rings. The van der Waals surface area contributed by atoms with Crippen molar-refractivity contribution in [2.45, 2.75) is 25.1 Å². The molecule has 1 saturated heterocycles. The van der Waals surface area contributed by atoms with E-state index in [9.17, 15) is 0 Å². The summed E-state index contributed by atoms with van der Waals surface area (Å²) in [4.78, 5) is 2.55. The van der Waals surface area contributed by atoms with E-state index in [1.165, 1.54) is 28.9 Å². The zero-order valence-electron chi connectivity index (χ0n) is 9.87. The van der Waals surface area contributed by atoms with E-state index < -0.39 is 0 Å². The van der Waals surface area contributed by atoms with Crippen molar-refractivity contribution in [2.24, 2.45) is 0 Å². The maximum atomic E-state index is 3.53. The molecule has 1 aromatic carbocycles. The maximum absolute atomic E-state index is 3.53. The van der Waals surface area contributed by atoms with E-state index in [4.69, 9.17) is 0 Å². The molecule has 1 heterocycles. The van der Waals surface area contributed by atoms with Crippen molar-refractivity contribution in [1.82, 2.24) is 4.90 Å². The predicted molar refractivity (Wildman–Crippen MR) is 76.0 cm³/mol. The van der Waals surface area contributed by atoms with Crippen molar-refractivity contribution in [3.8, 4) is 0 Å². The number of benzene rings is 1. The summed E-state index contributed by atoms with van der Waals surface area (Å²) >= 11 is 5.61. The van der Waals surface area contributed by atoms with Gasteiger partial charge in [0, 0.05) is 34.6 Å². The minimum absolute atomic E-state index is 0.407. The van der Waals surface area contributed by atoms with Crippen LogP contribution in [0.15, 0.2) is 28.7 Å². The largest absolute Gasteiger partial charge is 0.297 e. The first-order valence-electron chi connectivity index (χ1n) is 5.66. The average Bonchev–Trinajstić information content (AvgIpc) is 2.15. The molecule has 1 aromatic rings. The summed E-state index contributed by atoms with van der Waals surface area (Å²) in [6.45, 7) is 8.14. The first-order valence-corrected chi connectivity index (χ1v) is 7.44. The maximum Gasteiger partial charge on any atom is 0.0235 e. The highest BCUT2D eigenvalue weighted by Gasteiger charge is 2.26. The summed E-state index contributed by atoms with van der Waals surface area (Å²) in [5.41, 5.74) is 1.40. The Labute approximate surface area is 111 Å². The third-order valence-corrected chi connectivity index (χ3v) is 4.59. The topological polar surface area (TPSA) is 3.24 Å². The van der Waals surface area contributed by atoms with E-state index >= 15 is 0 Å². The van der Waals surface area contributed by atoms with Crippen LogP contribution in [-0.4, -0.2) is 28.5 Å². The van der Waals surface area contributed by atoms with Gasteiger partial charge in [-0.15, -0.1) is 0 Å². The lowest BCUT2D eigenvalue weighted by atomic mass is 10.1. The second-order valence-corrected chi connectivity index (χ2v) is 7.67. The Balaban J connectivity index is 1.99. The lowest BCUT2D eigenvalue weighted by Gasteiger charge is -2.37. The van der Waals surface area contributed by atoms with Crippen LogP contribution in [0.4, 0.5) is 0 Å². The van der Waals surface area contributed by atoms with E-state index in [2.05, 4.69) is 70.7 Å². The van der Waals surface area contributed by atoms with Gasteiger partial charge in [0.15, 0.2) is 0 Å². The number of nitrogens with zero attached hydrogens (tertiary/aromatic N) is 1. The summed E-state index contributed by atoms with van der Waals surface area (Å²) < 4.78 is 1.58. The standard InChI is InChI=1S/C13H18BrNS/c1-13(2)10-15(6-7-16-13)9-11-4-3-5-12(14)8-11/h3-5,8H,6-7,9-10H2,1-2H3. The Bertz CT molecular complexity index is 365.